The second kappa shape index (κ2) is 8.41. The van der Waals surface area contributed by atoms with Gasteiger partial charge in [0, 0.05) is 28.2 Å². The first kappa shape index (κ1) is 14.9. The Morgan fingerprint density at radius 3 is 2.81 bits per heavy atom. The van der Waals surface area contributed by atoms with E-state index in [4.69, 9.17) is 4.11 Å². The molecule has 0 atom stereocenters. The third-order valence-electron chi connectivity index (χ3n) is 3.35. The van der Waals surface area contributed by atoms with E-state index in [0.717, 1.165) is 11.1 Å². The van der Waals surface area contributed by atoms with Crippen LogP contribution in [-0.4, -0.2) is 39.3 Å². The molecule has 0 fully saturated rings. The summed E-state index contributed by atoms with van der Waals surface area (Å²) in [7, 11) is 0. The number of nitrogens with one attached hydrogen (secondary N) is 3. The number of hydrogen-bond acceptors (Lipinski definition) is 8. The summed E-state index contributed by atoms with van der Waals surface area (Å²) < 4.78 is 34.8. The van der Waals surface area contributed by atoms with Crippen molar-refractivity contribution in [2.75, 3.05) is 23.9 Å². The highest BCUT2D eigenvalue weighted by Gasteiger charge is 2.16. The van der Waals surface area contributed by atoms with Crippen molar-refractivity contribution in [2.45, 2.75) is 4.90 Å². The Morgan fingerprint density at radius 1 is 1.19 bits per heavy atom. The summed E-state index contributed by atoms with van der Waals surface area (Å²) in [6, 6.07) is 7.67. The van der Waals surface area contributed by atoms with Crippen molar-refractivity contribution in [1.82, 2.24) is 25.5 Å². The molecule has 3 aromatic heterocycles. The molecule has 0 aromatic carbocycles. The van der Waals surface area contributed by atoms with Gasteiger partial charge in [-0.2, -0.15) is 0 Å². The standard InChI is InChI=1S/C17H16FN7OS/c1-19-17(26)15-11(22-16-12(27-2)4-3-7-20-16)8-14(24-25-15)23-13-6-5-10(18)9-21-13/h3-9H,1-2H3,(H,19,26)(H2,20,21,22,23,24)/i1D3. The molecule has 0 aliphatic carbocycles. The van der Waals surface area contributed by atoms with Crippen molar-refractivity contribution < 1.29 is 13.3 Å². The fraction of sp³-hybridized carbons (Fsp3) is 0.118. The number of amides is 1. The van der Waals surface area contributed by atoms with Gasteiger partial charge in [-0.15, -0.1) is 22.0 Å². The van der Waals surface area contributed by atoms with Gasteiger partial charge in [-0.1, -0.05) is 0 Å². The molecule has 0 aliphatic rings. The number of carbonyl (C=O) groups is 1. The third-order valence-corrected chi connectivity index (χ3v) is 4.12. The maximum absolute atomic E-state index is 13.1. The average molecular weight is 388 g/mol. The van der Waals surface area contributed by atoms with Crippen LogP contribution in [0.2, 0.25) is 0 Å². The third kappa shape index (κ3) is 4.47. The lowest BCUT2D eigenvalue weighted by atomic mass is 10.3. The largest absolute Gasteiger partial charge is 0.354 e. The molecule has 8 nitrogen and oxygen atoms in total. The number of thioether (sulfide) groups is 1. The highest BCUT2D eigenvalue weighted by atomic mass is 32.2. The lowest BCUT2D eigenvalue weighted by Crippen LogP contribution is -2.21. The molecule has 0 aliphatic heterocycles. The van der Waals surface area contributed by atoms with Crippen LogP contribution in [0.3, 0.4) is 0 Å². The van der Waals surface area contributed by atoms with Gasteiger partial charge in [0.2, 0.25) is 0 Å². The minimum atomic E-state index is -2.69. The van der Waals surface area contributed by atoms with Crippen LogP contribution < -0.4 is 16.0 Å². The number of aromatic nitrogens is 4. The first-order valence-electron chi connectivity index (χ1n) is 9.10. The van der Waals surface area contributed by atoms with Crippen LogP contribution in [0.5, 0.6) is 0 Å². The molecule has 0 radical (unpaired) electrons. The van der Waals surface area contributed by atoms with E-state index in [0.29, 0.717) is 11.6 Å². The molecule has 0 saturated heterocycles. The molecule has 0 spiro atoms. The molecule has 3 aromatic rings. The molecular formula is C17H16FN7OS. The Labute approximate surface area is 163 Å². The number of nitrogens with zero attached hydrogens (tertiary/aromatic N) is 4. The quantitative estimate of drug-likeness (QED) is 0.554. The summed E-state index contributed by atoms with van der Waals surface area (Å²) in [5.74, 6) is -0.474. The summed E-state index contributed by atoms with van der Waals surface area (Å²) >= 11 is 1.43. The molecule has 27 heavy (non-hydrogen) atoms. The Hall–Kier alpha value is -3.27. The van der Waals surface area contributed by atoms with Crippen molar-refractivity contribution in [1.29, 1.82) is 0 Å². The minimum Gasteiger partial charge on any atom is -0.354 e. The molecule has 138 valence electrons. The number of pyridine rings is 2. The molecule has 0 saturated carbocycles. The van der Waals surface area contributed by atoms with Crippen LogP contribution >= 0.6 is 11.8 Å². The van der Waals surface area contributed by atoms with E-state index >= 15 is 0 Å². The molecule has 3 N–H and O–H groups in total. The Balaban J connectivity index is 1.97. The van der Waals surface area contributed by atoms with E-state index in [2.05, 4.69) is 30.8 Å². The lowest BCUT2D eigenvalue weighted by molar-refractivity contribution is 0.0958. The number of carbonyl (C=O) groups excluding carboxylic acids is 1. The normalized spacial score (nSPS) is 12.4. The van der Waals surface area contributed by atoms with E-state index in [1.165, 1.54) is 30.0 Å². The molecular weight excluding hydrogens is 369 g/mol. The van der Waals surface area contributed by atoms with Gasteiger partial charge in [-0.05, 0) is 30.5 Å². The van der Waals surface area contributed by atoms with Gasteiger partial charge in [-0.3, -0.25) is 4.79 Å². The Morgan fingerprint density at radius 2 is 2.07 bits per heavy atom. The van der Waals surface area contributed by atoms with Crippen LogP contribution in [0.4, 0.5) is 27.5 Å². The van der Waals surface area contributed by atoms with Crippen LogP contribution in [0.25, 0.3) is 0 Å². The van der Waals surface area contributed by atoms with Crippen LogP contribution in [0.1, 0.15) is 14.6 Å². The van der Waals surface area contributed by atoms with Crippen LogP contribution in [-0.2, 0) is 0 Å². The molecule has 0 bridgehead atoms. The van der Waals surface area contributed by atoms with E-state index in [1.54, 1.807) is 12.3 Å². The van der Waals surface area contributed by atoms with Gasteiger partial charge >= 0.3 is 0 Å². The zero-order chi connectivity index (χ0) is 21.7. The van der Waals surface area contributed by atoms with Crippen molar-refractivity contribution in [3.05, 3.63) is 54.2 Å². The Bertz CT molecular complexity index is 1050. The second-order valence-corrected chi connectivity index (χ2v) is 5.96. The minimum absolute atomic E-state index is 0.172. The topological polar surface area (TPSA) is 105 Å². The molecule has 10 heteroatoms. The summed E-state index contributed by atoms with van der Waals surface area (Å²) in [5.41, 5.74) is -0.0631. The monoisotopic (exact) mass is 388 g/mol. The fourth-order valence-corrected chi connectivity index (χ4v) is 2.64. The SMILES string of the molecule is [2H]C([2H])([2H])NC(=O)c1nnc(Nc2ccc(F)cn2)cc1Nc1ncccc1SC. The smallest absolute Gasteiger partial charge is 0.273 e. The van der Waals surface area contributed by atoms with E-state index < -0.39 is 18.7 Å². The van der Waals surface area contributed by atoms with Gasteiger partial charge in [0.25, 0.3) is 5.91 Å². The fourth-order valence-electron chi connectivity index (χ4n) is 2.13. The highest BCUT2D eigenvalue weighted by molar-refractivity contribution is 7.98. The average Bonchev–Trinajstić information content (AvgIpc) is 2.69. The second-order valence-electron chi connectivity index (χ2n) is 5.11. The van der Waals surface area contributed by atoms with Crippen LogP contribution in [0.15, 0.2) is 47.6 Å². The predicted octanol–water partition coefficient (Wildman–Crippen LogP) is 2.97. The number of rotatable bonds is 6. The summed E-state index contributed by atoms with van der Waals surface area (Å²) in [4.78, 5) is 21.3. The summed E-state index contributed by atoms with van der Waals surface area (Å²) in [6.45, 7) is -2.69. The van der Waals surface area contributed by atoms with Crippen LogP contribution in [0, 0.1) is 5.82 Å². The maximum atomic E-state index is 13.1. The Kier molecular flexibility index (Phi) is 4.63. The van der Waals surface area contributed by atoms with Crippen molar-refractivity contribution >= 4 is 40.8 Å². The first-order chi connectivity index (χ1) is 14.2. The maximum Gasteiger partial charge on any atom is 0.273 e. The number of anilines is 4. The number of hydrogen-bond donors (Lipinski definition) is 3. The van der Waals surface area contributed by atoms with Gasteiger partial charge < -0.3 is 16.0 Å². The van der Waals surface area contributed by atoms with E-state index in [9.17, 15) is 9.18 Å². The van der Waals surface area contributed by atoms with Crippen molar-refractivity contribution in [3.8, 4) is 0 Å². The molecule has 3 rings (SSSR count). The van der Waals surface area contributed by atoms with E-state index in [-0.39, 0.29) is 17.2 Å². The zero-order valence-electron chi connectivity index (χ0n) is 17.0. The van der Waals surface area contributed by atoms with E-state index in [1.807, 2.05) is 17.6 Å². The predicted molar refractivity (Wildman–Crippen MR) is 102 cm³/mol. The highest BCUT2D eigenvalue weighted by Crippen LogP contribution is 2.28. The zero-order valence-corrected chi connectivity index (χ0v) is 14.8. The molecule has 0 unspecified atom stereocenters. The van der Waals surface area contributed by atoms with Gasteiger partial charge in [0.1, 0.15) is 17.5 Å². The van der Waals surface area contributed by atoms with Crippen molar-refractivity contribution in [3.63, 3.8) is 0 Å². The van der Waals surface area contributed by atoms with Gasteiger partial charge in [-0.25, -0.2) is 14.4 Å². The van der Waals surface area contributed by atoms with Gasteiger partial charge in [0.15, 0.2) is 11.5 Å². The van der Waals surface area contributed by atoms with Crippen molar-refractivity contribution in [2.24, 2.45) is 0 Å². The summed E-state index contributed by atoms with van der Waals surface area (Å²) in [5, 5.41) is 15.5. The first-order valence-corrected chi connectivity index (χ1v) is 8.82. The molecule has 1 amide bonds. The van der Waals surface area contributed by atoms with Gasteiger partial charge in [0.05, 0.1) is 11.9 Å². The summed E-state index contributed by atoms with van der Waals surface area (Å²) in [6.07, 6.45) is 4.47. The number of halogens is 1. The molecule has 3 heterocycles. The lowest BCUT2D eigenvalue weighted by Gasteiger charge is -2.13.